The molecule has 1 aromatic heterocycles. The first-order valence-electron chi connectivity index (χ1n) is 8.45. The van der Waals surface area contributed by atoms with E-state index in [-0.39, 0.29) is 0 Å². The van der Waals surface area contributed by atoms with Crippen LogP contribution in [0.5, 0.6) is 0 Å². The van der Waals surface area contributed by atoms with E-state index in [0.717, 1.165) is 42.4 Å². The van der Waals surface area contributed by atoms with Gasteiger partial charge >= 0.3 is 0 Å². The van der Waals surface area contributed by atoms with Crippen LogP contribution in [0.25, 0.3) is 10.2 Å². The average Bonchev–Trinajstić information content (AvgIpc) is 3.07. The predicted molar refractivity (Wildman–Crippen MR) is 105 cm³/mol. The maximum atomic E-state index is 10.4. The lowest BCUT2D eigenvalue weighted by Crippen LogP contribution is -2.47. The number of β-amino-alcohol motifs (C(OH)–C–C–N with tert-alkyl or cyclic N) is 1. The molecular formula is C19H20ClN3OS. The number of fused-ring (bicyclic) bond motifs is 1. The fourth-order valence-electron chi connectivity index (χ4n) is 3.15. The third-order valence-electron chi connectivity index (χ3n) is 4.61. The first-order valence-corrected chi connectivity index (χ1v) is 9.65. The van der Waals surface area contributed by atoms with Crippen LogP contribution in [0, 0.1) is 0 Å². The minimum absolute atomic E-state index is 0.480. The number of anilines is 1. The maximum absolute atomic E-state index is 10.4. The molecule has 1 N–H and O–H groups in total. The molecule has 6 heteroatoms. The highest BCUT2D eigenvalue weighted by Crippen LogP contribution is 2.29. The minimum atomic E-state index is -0.480. The molecule has 0 spiro atoms. The minimum Gasteiger partial charge on any atom is -0.387 e. The fraction of sp³-hybridized carbons (Fsp3) is 0.316. The van der Waals surface area contributed by atoms with E-state index in [1.54, 1.807) is 11.3 Å². The molecule has 4 rings (SSSR count). The normalized spacial score (nSPS) is 17.1. The molecule has 2 aromatic carbocycles. The zero-order valence-corrected chi connectivity index (χ0v) is 15.4. The van der Waals surface area contributed by atoms with E-state index < -0.39 is 6.10 Å². The van der Waals surface area contributed by atoms with Crippen LogP contribution in [0.3, 0.4) is 0 Å². The largest absolute Gasteiger partial charge is 0.387 e. The van der Waals surface area contributed by atoms with Crippen molar-refractivity contribution in [1.29, 1.82) is 0 Å². The maximum Gasteiger partial charge on any atom is 0.186 e. The number of para-hydroxylation sites is 1. The average molecular weight is 374 g/mol. The van der Waals surface area contributed by atoms with Gasteiger partial charge in [-0.15, -0.1) is 0 Å². The third kappa shape index (κ3) is 3.80. The summed E-state index contributed by atoms with van der Waals surface area (Å²) in [5.74, 6) is 0. The van der Waals surface area contributed by atoms with Crippen molar-refractivity contribution in [2.24, 2.45) is 0 Å². The van der Waals surface area contributed by atoms with Crippen molar-refractivity contribution in [3.8, 4) is 0 Å². The molecule has 1 aliphatic rings. The Kier molecular flexibility index (Phi) is 4.90. The lowest BCUT2D eigenvalue weighted by molar-refractivity contribution is 0.109. The van der Waals surface area contributed by atoms with Crippen molar-refractivity contribution in [2.45, 2.75) is 6.10 Å². The second-order valence-corrected chi connectivity index (χ2v) is 7.76. The van der Waals surface area contributed by atoms with Crippen LogP contribution in [-0.4, -0.2) is 47.7 Å². The highest BCUT2D eigenvalue weighted by atomic mass is 35.5. The van der Waals surface area contributed by atoms with Crippen molar-refractivity contribution in [1.82, 2.24) is 9.88 Å². The summed E-state index contributed by atoms with van der Waals surface area (Å²) in [6, 6.07) is 15.7. The number of aliphatic hydroxyl groups is 1. The summed E-state index contributed by atoms with van der Waals surface area (Å²) in [6.07, 6.45) is -0.480. The number of benzene rings is 2. The van der Waals surface area contributed by atoms with E-state index in [0.29, 0.717) is 11.6 Å². The van der Waals surface area contributed by atoms with Gasteiger partial charge < -0.3 is 10.0 Å². The molecule has 1 aliphatic heterocycles. The van der Waals surface area contributed by atoms with Crippen molar-refractivity contribution >= 4 is 38.3 Å². The number of aliphatic hydroxyl groups excluding tert-OH is 1. The highest BCUT2D eigenvalue weighted by Gasteiger charge is 2.22. The molecule has 1 fully saturated rings. The second kappa shape index (κ2) is 7.30. The fourth-order valence-corrected chi connectivity index (χ4v) is 4.30. The molecule has 25 heavy (non-hydrogen) atoms. The van der Waals surface area contributed by atoms with Crippen LogP contribution < -0.4 is 4.90 Å². The zero-order valence-electron chi connectivity index (χ0n) is 13.8. The summed E-state index contributed by atoms with van der Waals surface area (Å²) in [7, 11) is 0. The Morgan fingerprint density at radius 3 is 2.48 bits per heavy atom. The second-order valence-electron chi connectivity index (χ2n) is 6.32. The molecule has 4 nitrogen and oxygen atoms in total. The molecule has 0 radical (unpaired) electrons. The van der Waals surface area contributed by atoms with E-state index in [9.17, 15) is 5.11 Å². The van der Waals surface area contributed by atoms with E-state index in [1.165, 1.54) is 4.70 Å². The van der Waals surface area contributed by atoms with Crippen molar-refractivity contribution in [3.63, 3.8) is 0 Å². The predicted octanol–water partition coefficient (Wildman–Crippen LogP) is 3.81. The van der Waals surface area contributed by atoms with Gasteiger partial charge in [-0.05, 0) is 29.8 Å². The van der Waals surface area contributed by atoms with Gasteiger partial charge in [-0.3, -0.25) is 4.90 Å². The molecule has 3 aromatic rings. The molecule has 0 aliphatic carbocycles. The Labute approximate surface area is 156 Å². The molecule has 1 saturated heterocycles. The number of aromatic nitrogens is 1. The van der Waals surface area contributed by atoms with Crippen molar-refractivity contribution < 1.29 is 5.11 Å². The van der Waals surface area contributed by atoms with Crippen LogP contribution >= 0.6 is 22.9 Å². The van der Waals surface area contributed by atoms with Gasteiger partial charge in [0.2, 0.25) is 0 Å². The Balaban J connectivity index is 1.35. The summed E-state index contributed by atoms with van der Waals surface area (Å²) in [5.41, 5.74) is 1.99. The van der Waals surface area contributed by atoms with E-state index in [4.69, 9.17) is 16.6 Å². The number of rotatable bonds is 4. The molecule has 1 atom stereocenters. The van der Waals surface area contributed by atoms with Crippen LogP contribution in [0.1, 0.15) is 11.7 Å². The Hall–Kier alpha value is -1.66. The third-order valence-corrected chi connectivity index (χ3v) is 5.96. The molecule has 0 amide bonds. The topological polar surface area (TPSA) is 39.6 Å². The standard InChI is InChI=1S/C19H20ClN3OS/c20-15-7-5-14(6-8-15)17(24)13-22-9-11-23(12-10-22)19-21-16-3-1-2-4-18(16)25-19/h1-8,17,24H,9-13H2/t17-/m1/s1. The molecule has 130 valence electrons. The lowest BCUT2D eigenvalue weighted by atomic mass is 10.1. The first-order chi connectivity index (χ1) is 12.2. The number of piperazine rings is 1. The number of hydrogen-bond donors (Lipinski definition) is 1. The van der Waals surface area contributed by atoms with Gasteiger partial charge in [0.15, 0.2) is 5.13 Å². The van der Waals surface area contributed by atoms with Crippen molar-refractivity contribution in [2.75, 3.05) is 37.6 Å². The lowest BCUT2D eigenvalue weighted by Gasteiger charge is -2.35. The number of hydrogen-bond acceptors (Lipinski definition) is 5. The van der Waals surface area contributed by atoms with Gasteiger partial charge in [0.05, 0.1) is 16.3 Å². The van der Waals surface area contributed by atoms with Crippen molar-refractivity contribution in [3.05, 3.63) is 59.1 Å². The summed E-state index contributed by atoms with van der Waals surface area (Å²) < 4.78 is 1.23. The van der Waals surface area contributed by atoms with Crippen LogP contribution in [0.2, 0.25) is 5.02 Å². The Morgan fingerprint density at radius 1 is 1.04 bits per heavy atom. The van der Waals surface area contributed by atoms with Gasteiger partial charge in [-0.1, -0.05) is 47.2 Å². The van der Waals surface area contributed by atoms with Gasteiger partial charge in [-0.25, -0.2) is 4.98 Å². The summed E-state index contributed by atoms with van der Waals surface area (Å²) >= 11 is 7.66. The van der Waals surface area contributed by atoms with E-state index >= 15 is 0 Å². The van der Waals surface area contributed by atoms with Crippen LogP contribution in [-0.2, 0) is 0 Å². The monoisotopic (exact) mass is 373 g/mol. The molecular weight excluding hydrogens is 354 g/mol. The molecule has 0 saturated carbocycles. The van der Waals surface area contributed by atoms with Crippen LogP contribution in [0.4, 0.5) is 5.13 Å². The SMILES string of the molecule is O[C@H](CN1CCN(c2nc3ccccc3s2)CC1)c1ccc(Cl)cc1. The first kappa shape index (κ1) is 16.8. The van der Waals surface area contributed by atoms with Gasteiger partial charge in [0.25, 0.3) is 0 Å². The summed E-state index contributed by atoms with van der Waals surface area (Å²) in [6.45, 7) is 4.39. The number of nitrogens with zero attached hydrogens (tertiary/aromatic N) is 3. The van der Waals surface area contributed by atoms with E-state index in [1.807, 2.05) is 30.3 Å². The highest BCUT2D eigenvalue weighted by molar-refractivity contribution is 7.22. The Morgan fingerprint density at radius 2 is 1.76 bits per heavy atom. The summed E-state index contributed by atoms with van der Waals surface area (Å²) in [4.78, 5) is 9.39. The zero-order chi connectivity index (χ0) is 17.2. The Bertz CT molecular complexity index is 810. The van der Waals surface area contributed by atoms with Gasteiger partial charge in [0.1, 0.15) is 0 Å². The van der Waals surface area contributed by atoms with Crippen LogP contribution in [0.15, 0.2) is 48.5 Å². The summed E-state index contributed by atoms with van der Waals surface area (Å²) in [5, 5.41) is 12.2. The number of halogens is 1. The number of thiazole rings is 1. The molecule has 0 bridgehead atoms. The van der Waals surface area contributed by atoms with Gasteiger partial charge in [0, 0.05) is 37.7 Å². The molecule has 2 heterocycles. The quantitative estimate of drug-likeness (QED) is 0.755. The molecule has 0 unspecified atom stereocenters. The smallest absolute Gasteiger partial charge is 0.186 e. The van der Waals surface area contributed by atoms with Gasteiger partial charge in [-0.2, -0.15) is 0 Å². The van der Waals surface area contributed by atoms with E-state index in [2.05, 4.69) is 28.0 Å².